The summed E-state index contributed by atoms with van der Waals surface area (Å²) in [7, 11) is 1.97. The second-order valence-corrected chi connectivity index (χ2v) is 6.16. The molecule has 0 unspecified atom stereocenters. The number of nitrogens with zero attached hydrogens (tertiary/aromatic N) is 1. The van der Waals surface area contributed by atoms with Gasteiger partial charge in [0.05, 0.1) is 0 Å². The summed E-state index contributed by atoms with van der Waals surface area (Å²) >= 11 is 0. The largest absolute Gasteiger partial charge is 0.491 e. The Bertz CT molecular complexity index is 672. The molecule has 0 bridgehead atoms. The molecule has 1 atom stereocenters. The summed E-state index contributed by atoms with van der Waals surface area (Å²) in [5.74, 6) is 2.34. The summed E-state index contributed by atoms with van der Waals surface area (Å²) in [6, 6.07) is 13.7. The number of aliphatic hydroxyl groups excluding tert-OH is 1. The van der Waals surface area contributed by atoms with Crippen LogP contribution in [-0.4, -0.2) is 43.1 Å². The molecule has 128 valence electrons. The predicted molar refractivity (Wildman–Crippen MR) is 91.6 cm³/mol. The summed E-state index contributed by atoms with van der Waals surface area (Å²) in [5, 5.41) is 10.2. The van der Waals surface area contributed by atoms with Crippen LogP contribution in [0.15, 0.2) is 42.5 Å². The van der Waals surface area contributed by atoms with Crippen molar-refractivity contribution in [1.29, 1.82) is 0 Å². The van der Waals surface area contributed by atoms with Crippen molar-refractivity contribution in [3.05, 3.63) is 53.6 Å². The molecule has 24 heavy (non-hydrogen) atoms. The van der Waals surface area contributed by atoms with Gasteiger partial charge >= 0.3 is 0 Å². The lowest BCUT2D eigenvalue weighted by Gasteiger charge is -2.21. The Morgan fingerprint density at radius 2 is 1.88 bits per heavy atom. The van der Waals surface area contributed by atoms with E-state index in [-0.39, 0.29) is 13.4 Å². The van der Waals surface area contributed by atoms with Crippen molar-refractivity contribution in [3.8, 4) is 17.2 Å². The zero-order chi connectivity index (χ0) is 16.9. The lowest BCUT2D eigenvalue weighted by molar-refractivity contribution is 0.0744. The highest BCUT2D eigenvalue weighted by molar-refractivity contribution is 5.44. The van der Waals surface area contributed by atoms with Crippen molar-refractivity contribution in [2.75, 3.05) is 27.0 Å². The maximum Gasteiger partial charge on any atom is 0.231 e. The molecule has 1 N–H and O–H groups in total. The molecule has 0 saturated heterocycles. The first-order valence-electron chi connectivity index (χ1n) is 8.05. The normalized spacial score (nSPS) is 14.0. The van der Waals surface area contributed by atoms with Gasteiger partial charge in [0.25, 0.3) is 0 Å². The number of aliphatic hydroxyl groups is 1. The van der Waals surface area contributed by atoms with E-state index in [2.05, 4.69) is 4.90 Å². The van der Waals surface area contributed by atoms with Crippen LogP contribution < -0.4 is 14.2 Å². The SMILES string of the molecule is Cc1ccc(OC[C@H](O)CN(C)Cc2ccc3c(c2)OCO3)cc1. The van der Waals surface area contributed by atoms with Gasteiger partial charge in [-0.05, 0) is 43.8 Å². The van der Waals surface area contributed by atoms with Crippen molar-refractivity contribution in [2.24, 2.45) is 0 Å². The van der Waals surface area contributed by atoms with Crippen LogP contribution in [-0.2, 0) is 6.54 Å². The molecule has 1 heterocycles. The molecule has 5 heteroatoms. The Morgan fingerprint density at radius 1 is 1.12 bits per heavy atom. The van der Waals surface area contributed by atoms with Crippen LogP contribution in [0.2, 0.25) is 0 Å². The van der Waals surface area contributed by atoms with E-state index in [1.165, 1.54) is 5.56 Å². The van der Waals surface area contributed by atoms with Crippen molar-refractivity contribution < 1.29 is 19.3 Å². The van der Waals surface area contributed by atoms with Crippen LogP contribution >= 0.6 is 0 Å². The zero-order valence-electron chi connectivity index (χ0n) is 14.1. The van der Waals surface area contributed by atoms with E-state index in [0.29, 0.717) is 6.54 Å². The van der Waals surface area contributed by atoms with E-state index in [1.807, 2.05) is 56.4 Å². The Balaban J connectivity index is 1.45. The summed E-state index contributed by atoms with van der Waals surface area (Å²) in [6.45, 7) is 3.83. The maximum atomic E-state index is 10.2. The first-order valence-corrected chi connectivity index (χ1v) is 8.05. The molecule has 0 fully saturated rings. The molecular weight excluding hydrogens is 306 g/mol. The van der Waals surface area contributed by atoms with E-state index in [0.717, 1.165) is 29.4 Å². The Kier molecular flexibility index (Phi) is 5.23. The van der Waals surface area contributed by atoms with E-state index < -0.39 is 6.10 Å². The fourth-order valence-corrected chi connectivity index (χ4v) is 2.65. The minimum atomic E-state index is -0.551. The fourth-order valence-electron chi connectivity index (χ4n) is 2.65. The number of likely N-dealkylation sites (N-methyl/N-ethyl adjacent to an activating group) is 1. The minimum absolute atomic E-state index is 0.272. The Labute approximate surface area is 142 Å². The average molecular weight is 329 g/mol. The van der Waals surface area contributed by atoms with Crippen LogP contribution in [0, 0.1) is 6.92 Å². The monoisotopic (exact) mass is 329 g/mol. The Morgan fingerprint density at radius 3 is 2.67 bits per heavy atom. The molecule has 1 aliphatic heterocycles. The third-order valence-corrected chi connectivity index (χ3v) is 3.88. The van der Waals surface area contributed by atoms with Crippen LogP contribution in [0.4, 0.5) is 0 Å². The smallest absolute Gasteiger partial charge is 0.231 e. The summed E-state index contributed by atoms with van der Waals surface area (Å²) < 4.78 is 16.3. The van der Waals surface area contributed by atoms with Gasteiger partial charge in [-0.15, -0.1) is 0 Å². The number of ether oxygens (including phenoxy) is 3. The maximum absolute atomic E-state index is 10.2. The summed E-state index contributed by atoms with van der Waals surface area (Å²) in [6.07, 6.45) is -0.551. The Hall–Kier alpha value is -2.24. The predicted octanol–water partition coefficient (Wildman–Crippen LogP) is 2.60. The molecule has 3 rings (SSSR count). The third kappa shape index (κ3) is 4.40. The van der Waals surface area contributed by atoms with Gasteiger partial charge in [-0.25, -0.2) is 0 Å². The van der Waals surface area contributed by atoms with E-state index in [4.69, 9.17) is 14.2 Å². The number of benzene rings is 2. The lowest BCUT2D eigenvalue weighted by Crippen LogP contribution is -2.32. The standard InChI is InChI=1S/C19H23NO4/c1-14-3-6-17(7-4-14)22-12-16(21)11-20(2)10-15-5-8-18-19(9-15)24-13-23-18/h3-9,16,21H,10-13H2,1-2H3/t16-/m1/s1. The average Bonchev–Trinajstić information content (AvgIpc) is 3.02. The van der Waals surface area contributed by atoms with Crippen LogP contribution in [0.5, 0.6) is 17.2 Å². The first-order chi connectivity index (χ1) is 11.6. The first kappa shape index (κ1) is 16.6. The minimum Gasteiger partial charge on any atom is -0.491 e. The number of aryl methyl sites for hydroxylation is 1. The van der Waals surface area contributed by atoms with Crippen LogP contribution in [0.1, 0.15) is 11.1 Å². The topological polar surface area (TPSA) is 51.2 Å². The third-order valence-electron chi connectivity index (χ3n) is 3.88. The van der Waals surface area contributed by atoms with Crippen molar-refractivity contribution in [3.63, 3.8) is 0 Å². The van der Waals surface area contributed by atoms with Crippen LogP contribution in [0.25, 0.3) is 0 Å². The molecule has 0 saturated carbocycles. The molecule has 0 radical (unpaired) electrons. The second-order valence-electron chi connectivity index (χ2n) is 6.16. The summed E-state index contributed by atoms with van der Waals surface area (Å²) in [4.78, 5) is 2.06. The van der Waals surface area contributed by atoms with Crippen molar-refractivity contribution >= 4 is 0 Å². The number of rotatable bonds is 7. The molecule has 1 aliphatic rings. The number of hydrogen-bond donors (Lipinski definition) is 1. The van der Waals surface area contributed by atoms with Gasteiger partial charge in [0.15, 0.2) is 11.5 Å². The van der Waals surface area contributed by atoms with Gasteiger partial charge in [0.2, 0.25) is 6.79 Å². The number of hydrogen-bond acceptors (Lipinski definition) is 5. The van der Waals surface area contributed by atoms with Gasteiger partial charge in [-0.1, -0.05) is 23.8 Å². The molecule has 5 nitrogen and oxygen atoms in total. The molecule has 0 aromatic heterocycles. The van der Waals surface area contributed by atoms with E-state index >= 15 is 0 Å². The van der Waals surface area contributed by atoms with Crippen molar-refractivity contribution in [2.45, 2.75) is 19.6 Å². The lowest BCUT2D eigenvalue weighted by atomic mass is 10.2. The van der Waals surface area contributed by atoms with E-state index in [1.54, 1.807) is 0 Å². The highest BCUT2D eigenvalue weighted by Gasteiger charge is 2.15. The molecule has 0 amide bonds. The van der Waals surface area contributed by atoms with Gasteiger partial charge in [0, 0.05) is 13.1 Å². The van der Waals surface area contributed by atoms with Gasteiger partial charge in [-0.3, -0.25) is 4.90 Å². The molecule has 0 aliphatic carbocycles. The summed E-state index contributed by atoms with van der Waals surface area (Å²) in [5.41, 5.74) is 2.31. The number of fused-ring (bicyclic) bond motifs is 1. The second kappa shape index (κ2) is 7.55. The van der Waals surface area contributed by atoms with Gasteiger partial charge in [-0.2, -0.15) is 0 Å². The molecule has 2 aromatic rings. The van der Waals surface area contributed by atoms with Crippen molar-refractivity contribution in [1.82, 2.24) is 4.90 Å². The fraction of sp³-hybridized carbons (Fsp3) is 0.368. The van der Waals surface area contributed by atoms with E-state index in [9.17, 15) is 5.11 Å². The highest BCUT2D eigenvalue weighted by atomic mass is 16.7. The molecule has 2 aromatic carbocycles. The highest BCUT2D eigenvalue weighted by Crippen LogP contribution is 2.32. The molecular formula is C19H23NO4. The zero-order valence-corrected chi connectivity index (χ0v) is 14.1. The van der Waals surface area contributed by atoms with Gasteiger partial charge in [0.1, 0.15) is 18.5 Å². The van der Waals surface area contributed by atoms with Gasteiger partial charge < -0.3 is 19.3 Å². The quantitative estimate of drug-likeness (QED) is 0.846. The molecule has 0 spiro atoms. The van der Waals surface area contributed by atoms with Crippen LogP contribution in [0.3, 0.4) is 0 Å².